The molecule has 1 atom stereocenters. The van der Waals surface area contributed by atoms with E-state index in [0.29, 0.717) is 11.0 Å². The summed E-state index contributed by atoms with van der Waals surface area (Å²) in [6.07, 6.45) is 4.16. The molecule has 0 amide bonds. The van der Waals surface area contributed by atoms with Gasteiger partial charge in [0.05, 0.1) is 5.60 Å². The first kappa shape index (κ1) is 15.3. The summed E-state index contributed by atoms with van der Waals surface area (Å²) in [7, 11) is 0. The van der Waals surface area contributed by atoms with E-state index in [1.54, 1.807) is 0 Å². The van der Waals surface area contributed by atoms with Crippen LogP contribution in [-0.4, -0.2) is 23.2 Å². The van der Waals surface area contributed by atoms with E-state index in [4.69, 9.17) is 22.7 Å². The maximum atomic E-state index is 6.02. The minimum atomic E-state index is 0.0219. The van der Waals surface area contributed by atoms with Gasteiger partial charge in [-0.25, -0.2) is 0 Å². The molecule has 1 aromatic rings. The van der Waals surface area contributed by atoms with Crippen LogP contribution >= 0.6 is 12.2 Å². The molecule has 20 heavy (non-hydrogen) atoms. The molecule has 110 valence electrons. The van der Waals surface area contributed by atoms with E-state index < -0.39 is 0 Å². The molecule has 3 N–H and O–H groups in total. The van der Waals surface area contributed by atoms with Crippen LogP contribution in [0.5, 0.6) is 0 Å². The third kappa shape index (κ3) is 3.30. The Hall–Kier alpha value is -1.13. The maximum Gasteiger partial charge on any atom is 0.106 e. The molecular formula is C16H24N2OS. The number of nitrogens with two attached hydrogens (primary N) is 1. The predicted molar refractivity (Wildman–Crippen MR) is 88.2 cm³/mol. The maximum absolute atomic E-state index is 6.02. The Labute approximate surface area is 126 Å². The number of benzene rings is 1. The van der Waals surface area contributed by atoms with Crippen molar-refractivity contribution in [1.82, 2.24) is 0 Å². The molecule has 1 fully saturated rings. The average Bonchev–Trinajstić information content (AvgIpc) is 2.47. The summed E-state index contributed by atoms with van der Waals surface area (Å²) in [5, 5.41) is 3.61. The van der Waals surface area contributed by atoms with E-state index in [1.165, 1.54) is 0 Å². The smallest absolute Gasteiger partial charge is 0.106 e. The van der Waals surface area contributed by atoms with E-state index in [1.807, 2.05) is 24.3 Å². The van der Waals surface area contributed by atoms with Gasteiger partial charge in [0.1, 0.15) is 4.99 Å². The summed E-state index contributed by atoms with van der Waals surface area (Å²) < 4.78 is 6.02. The van der Waals surface area contributed by atoms with Crippen molar-refractivity contribution in [2.45, 2.75) is 51.2 Å². The highest BCUT2D eigenvalue weighted by molar-refractivity contribution is 7.80. The lowest BCUT2D eigenvalue weighted by molar-refractivity contribution is -0.0864. The van der Waals surface area contributed by atoms with Crippen molar-refractivity contribution < 1.29 is 4.74 Å². The van der Waals surface area contributed by atoms with Crippen LogP contribution in [0.15, 0.2) is 24.3 Å². The number of anilines is 1. The Balaban J connectivity index is 2.12. The Morgan fingerprint density at radius 2 is 2.10 bits per heavy atom. The van der Waals surface area contributed by atoms with Gasteiger partial charge in [-0.05, 0) is 37.8 Å². The lowest BCUT2D eigenvalue weighted by Gasteiger charge is -2.40. The molecule has 1 aromatic carbocycles. The van der Waals surface area contributed by atoms with E-state index in [-0.39, 0.29) is 5.60 Å². The number of hydrogen-bond acceptors (Lipinski definition) is 3. The highest BCUT2D eigenvalue weighted by Gasteiger charge is 2.34. The molecule has 4 heteroatoms. The molecule has 1 saturated heterocycles. The van der Waals surface area contributed by atoms with Crippen LogP contribution in [0.2, 0.25) is 0 Å². The second kappa shape index (κ2) is 6.55. The first-order chi connectivity index (χ1) is 9.60. The predicted octanol–water partition coefficient (Wildman–Crippen LogP) is 3.47. The summed E-state index contributed by atoms with van der Waals surface area (Å²) in [6.45, 7) is 5.22. The lowest BCUT2D eigenvalue weighted by atomic mass is 9.85. The van der Waals surface area contributed by atoms with Crippen LogP contribution in [0, 0.1) is 0 Å². The number of rotatable bonds is 5. The molecule has 0 bridgehead atoms. The Kier molecular flexibility index (Phi) is 5.00. The number of nitrogens with one attached hydrogen (secondary N) is 1. The number of hydrogen-bond donors (Lipinski definition) is 2. The average molecular weight is 292 g/mol. The van der Waals surface area contributed by atoms with E-state index in [9.17, 15) is 0 Å². The van der Waals surface area contributed by atoms with Gasteiger partial charge in [-0.1, -0.05) is 38.2 Å². The lowest BCUT2D eigenvalue weighted by Crippen LogP contribution is -2.43. The third-order valence-corrected chi connectivity index (χ3v) is 4.55. The molecule has 1 aliphatic heterocycles. The van der Waals surface area contributed by atoms with Gasteiger partial charge in [-0.15, -0.1) is 0 Å². The fraction of sp³-hybridized carbons (Fsp3) is 0.562. The minimum Gasteiger partial charge on any atom is -0.389 e. The van der Waals surface area contributed by atoms with Gasteiger partial charge < -0.3 is 15.8 Å². The molecule has 1 heterocycles. The number of para-hydroxylation sites is 1. The van der Waals surface area contributed by atoms with Crippen molar-refractivity contribution in [1.29, 1.82) is 0 Å². The monoisotopic (exact) mass is 292 g/mol. The highest BCUT2D eigenvalue weighted by atomic mass is 32.1. The van der Waals surface area contributed by atoms with Crippen LogP contribution in [-0.2, 0) is 4.74 Å². The van der Waals surface area contributed by atoms with Gasteiger partial charge in [0, 0.05) is 23.9 Å². The summed E-state index contributed by atoms with van der Waals surface area (Å²) in [5.41, 5.74) is 7.77. The molecule has 0 radical (unpaired) electrons. The summed E-state index contributed by atoms with van der Waals surface area (Å²) in [5.74, 6) is 0. The largest absolute Gasteiger partial charge is 0.389 e. The molecule has 1 aliphatic rings. The molecule has 0 saturated carbocycles. The van der Waals surface area contributed by atoms with Crippen LogP contribution in [0.1, 0.15) is 45.1 Å². The molecule has 1 unspecified atom stereocenters. The van der Waals surface area contributed by atoms with Gasteiger partial charge in [-0.2, -0.15) is 0 Å². The second-order valence-corrected chi connectivity index (χ2v) is 5.92. The molecule has 0 aromatic heterocycles. The zero-order valence-electron chi connectivity index (χ0n) is 12.3. The van der Waals surface area contributed by atoms with Crippen LogP contribution < -0.4 is 11.1 Å². The fourth-order valence-corrected chi connectivity index (χ4v) is 3.12. The zero-order valence-corrected chi connectivity index (χ0v) is 13.1. The minimum absolute atomic E-state index is 0.0219. The van der Waals surface area contributed by atoms with Gasteiger partial charge in [0.15, 0.2) is 0 Å². The van der Waals surface area contributed by atoms with Crippen molar-refractivity contribution >= 4 is 22.9 Å². The quantitative estimate of drug-likeness (QED) is 0.816. The first-order valence-corrected chi connectivity index (χ1v) is 7.80. The van der Waals surface area contributed by atoms with Crippen LogP contribution in [0.3, 0.4) is 0 Å². The van der Waals surface area contributed by atoms with E-state index in [2.05, 4.69) is 19.2 Å². The standard InChI is InChI=1S/C16H24N2OS/c1-3-16(4-2)11-12(9-10-19-16)18-14-8-6-5-7-13(14)15(17)20/h5-8,12,18H,3-4,9-11H2,1-2H3,(H2,17,20). The second-order valence-electron chi connectivity index (χ2n) is 5.48. The third-order valence-electron chi connectivity index (χ3n) is 4.33. The Bertz CT molecular complexity index is 471. The summed E-state index contributed by atoms with van der Waals surface area (Å²) in [6, 6.07) is 8.40. The van der Waals surface area contributed by atoms with Gasteiger partial charge in [-0.3, -0.25) is 0 Å². The molecular weight excluding hydrogens is 268 g/mol. The van der Waals surface area contributed by atoms with E-state index >= 15 is 0 Å². The van der Waals surface area contributed by atoms with Gasteiger partial charge in [0.2, 0.25) is 0 Å². The normalized spacial score (nSPS) is 21.4. The molecule has 2 rings (SSSR count). The van der Waals surface area contributed by atoms with Gasteiger partial charge in [0.25, 0.3) is 0 Å². The van der Waals surface area contributed by atoms with Crippen molar-refractivity contribution in [3.63, 3.8) is 0 Å². The molecule has 3 nitrogen and oxygen atoms in total. The Morgan fingerprint density at radius 3 is 2.75 bits per heavy atom. The number of thiocarbonyl (C=S) groups is 1. The SMILES string of the molecule is CCC1(CC)CC(Nc2ccccc2C(N)=S)CCO1. The van der Waals surface area contributed by atoms with Crippen molar-refractivity contribution in [3.05, 3.63) is 29.8 Å². The summed E-state index contributed by atoms with van der Waals surface area (Å²) >= 11 is 5.12. The molecule has 0 spiro atoms. The van der Waals surface area contributed by atoms with Crippen LogP contribution in [0.25, 0.3) is 0 Å². The van der Waals surface area contributed by atoms with E-state index in [0.717, 1.165) is 43.5 Å². The zero-order chi connectivity index (χ0) is 14.6. The Morgan fingerprint density at radius 1 is 1.40 bits per heavy atom. The summed E-state index contributed by atoms with van der Waals surface area (Å²) in [4.78, 5) is 0.442. The van der Waals surface area contributed by atoms with Gasteiger partial charge >= 0.3 is 0 Å². The van der Waals surface area contributed by atoms with Crippen LogP contribution in [0.4, 0.5) is 5.69 Å². The fourth-order valence-electron chi connectivity index (χ4n) is 2.94. The van der Waals surface area contributed by atoms with Crippen molar-refractivity contribution in [3.8, 4) is 0 Å². The van der Waals surface area contributed by atoms with Crippen molar-refractivity contribution in [2.24, 2.45) is 5.73 Å². The molecule has 0 aliphatic carbocycles. The number of ether oxygens (including phenoxy) is 1. The topological polar surface area (TPSA) is 47.3 Å². The first-order valence-electron chi connectivity index (χ1n) is 7.39. The van der Waals surface area contributed by atoms with Crippen molar-refractivity contribution in [2.75, 3.05) is 11.9 Å². The highest BCUT2D eigenvalue weighted by Crippen LogP contribution is 2.33.